The molecule has 0 aliphatic carbocycles. The second kappa shape index (κ2) is 45.8. The van der Waals surface area contributed by atoms with Crippen LogP contribution in [0.25, 0.3) is 0 Å². The molecule has 5 aromatic carbocycles. The maximum absolute atomic E-state index is 14.2. The van der Waals surface area contributed by atoms with Crippen molar-refractivity contribution < 1.29 is 273 Å². The number of carbonyl (C=O) groups excluding carboxylic acids is 12. The number of hydrogen-bond acceptors (Lipinski definition) is 18. The smallest absolute Gasteiger partial charge is 0.870 e. The van der Waals surface area contributed by atoms with Crippen LogP contribution < -0.4 is 251 Å². The molecule has 5 aromatic rings. The molecule has 0 unspecified atom stereocenters. The van der Waals surface area contributed by atoms with Gasteiger partial charge in [-0.15, -0.1) is 0 Å². The van der Waals surface area contributed by atoms with E-state index in [1.165, 1.54) is 0 Å². The average molecular weight is 1390 g/mol. The largest absolute Gasteiger partial charge is 1.00 e. The normalized spacial score (nSPS) is 12.7. The Morgan fingerprint density at radius 2 is 0.469 bits per heavy atom. The summed E-state index contributed by atoms with van der Waals surface area (Å²) in [4.78, 5) is 159. The quantitative estimate of drug-likeness (QED) is 0.0408. The maximum atomic E-state index is 14.2. The van der Waals surface area contributed by atoms with E-state index in [4.69, 9.17) is 0 Å². The summed E-state index contributed by atoms with van der Waals surface area (Å²) in [6.45, 7) is 9.46. The summed E-state index contributed by atoms with van der Waals surface area (Å²) >= 11 is 0. The molecule has 6 bridgehead atoms. The van der Waals surface area contributed by atoms with Crippen LogP contribution in [0.4, 0.5) is 62.9 Å². The van der Waals surface area contributed by atoms with Gasteiger partial charge in [-0.3, -0.25) is 22.3 Å². The van der Waals surface area contributed by atoms with Crippen molar-refractivity contribution in [1.82, 2.24) is 31.9 Å². The number of aromatic carboxylic acids is 2. The molecular formula is C60H72N12Na6O18-4. The van der Waals surface area contributed by atoms with E-state index < -0.39 is 59.3 Å². The van der Waals surface area contributed by atoms with E-state index in [-0.39, 0.29) is 326 Å². The molecule has 3 aliphatic rings. The molecule has 0 aromatic heterocycles. The number of carbonyl (C=O) groups is 8. The Bertz CT molecular complexity index is 3320. The van der Waals surface area contributed by atoms with E-state index in [0.29, 0.717) is 79.6 Å². The predicted molar refractivity (Wildman–Crippen MR) is 328 cm³/mol. The van der Waals surface area contributed by atoms with Gasteiger partial charge < -0.3 is 125 Å². The van der Waals surface area contributed by atoms with Crippen molar-refractivity contribution in [2.24, 2.45) is 0 Å². The van der Waals surface area contributed by atoms with Crippen LogP contribution >= 0.6 is 0 Å². The minimum Gasteiger partial charge on any atom is -0.870 e. The van der Waals surface area contributed by atoms with Crippen LogP contribution in [-0.4, -0.2) is 95.2 Å². The zero-order valence-corrected chi connectivity index (χ0v) is 67.5. The van der Waals surface area contributed by atoms with Gasteiger partial charge in [-0.1, -0.05) is 41.5 Å². The number of nitrogens with one attached hydrogen (secondary N) is 12. The minimum atomic E-state index is -1.94. The van der Waals surface area contributed by atoms with Crippen LogP contribution in [0.1, 0.15) is 157 Å². The predicted octanol–water partition coefficient (Wildman–Crippen LogP) is -13.5. The Hall–Kier alpha value is -4.82. The van der Waals surface area contributed by atoms with Gasteiger partial charge in [0.25, 0.3) is 0 Å². The molecule has 0 fully saturated rings. The van der Waals surface area contributed by atoms with Gasteiger partial charge in [-0.25, -0.2) is 28.8 Å². The Labute approximate surface area is 691 Å². The van der Waals surface area contributed by atoms with Crippen LogP contribution in [0.3, 0.4) is 0 Å². The van der Waals surface area contributed by atoms with Crippen molar-refractivity contribution in [1.29, 1.82) is 0 Å². The zero-order valence-electron chi connectivity index (χ0n) is 55.5. The summed E-state index contributed by atoms with van der Waals surface area (Å²) in [6, 6.07) is 0.765. The van der Waals surface area contributed by atoms with Crippen molar-refractivity contribution >= 4 is 107 Å². The number of anilines is 6. The topological polar surface area (TPSA) is 515 Å². The third-order valence-corrected chi connectivity index (χ3v) is 14.9. The van der Waals surface area contributed by atoms with E-state index in [2.05, 4.69) is 63.8 Å². The van der Waals surface area contributed by atoms with Gasteiger partial charge in [0.2, 0.25) is 0 Å². The van der Waals surface area contributed by atoms with Gasteiger partial charge in [0.1, 0.15) is 0 Å². The Morgan fingerprint density at radius 1 is 0.323 bits per heavy atom. The van der Waals surface area contributed by atoms with Crippen molar-refractivity contribution in [3.8, 4) is 0 Å². The molecule has 3 aliphatic heterocycles. The molecule has 0 saturated carbocycles. The molecule has 0 atom stereocenters. The van der Waals surface area contributed by atoms with E-state index in [9.17, 15) is 67.7 Å². The standard InChI is InChI=1S/C60H62N12O14.6Na.4H2O.4H2/c1-7-33-41-19-61-55(81)67-47-13-29(25-73)31(27-75)15-49(47)69-57(83)63-21-43-34(8-2)44-22-64-58(84)70-50-16-32(28-76)30(26-74)14-48(50)68-56(82)62-20-42(33)36(10-4)45(35(41)9-3)23-65-59(85)71-51-17-39(53(77)78)40(54(79)80)18-52(51)72-60(86)66-24-46(37(43)11-5)38(44)12-6;;;;;;;;;;;;;;/h13-18H,7-12,19-24H2,1-6H3,(H,77,78)(H,79,80)(H2,61,67,81)(H2,62,68,82)(H2,63,69,83)(H2,64,70,84)(H2,65,71,85)(H2,66,72,86);;;;;;;4*1H2;4*1H/q-4;6*+1;;;;;;;;/p-6. The fourth-order valence-electron chi connectivity index (χ4n) is 11.1. The number of hydrogen-bond donors (Lipinski definition) is 12. The first kappa shape index (κ1) is 97.6. The molecule has 8 rings (SSSR count). The van der Waals surface area contributed by atoms with Crippen molar-refractivity contribution in [2.75, 3.05) is 31.9 Å². The minimum absolute atomic E-state index is 0. The van der Waals surface area contributed by atoms with Crippen LogP contribution in [0.2, 0.25) is 0 Å². The van der Waals surface area contributed by atoms with Gasteiger partial charge in [0.15, 0.2) is 0 Å². The first-order valence-corrected chi connectivity index (χ1v) is 27.4. The summed E-state index contributed by atoms with van der Waals surface area (Å²) in [5.41, 5.74) is 2.69. The number of rotatable bonds is 12. The third kappa shape index (κ3) is 23.1. The SMILES string of the molecule is CCc1c2c(CC)c3c(CC)c1CNC(=O)Nc1cc([C-]=O)c([C-]=O)cc1NC(=O)NCc1c(CC)c(c(CC)c(c1CC)CNC(=O)Nc1cc(C(=O)[O-])c(C(=O)[O-])cc1NC(=O)NC3)CNC(=O)Nc1cc([C-]=O)c([C-]=O)cc1NC(=O)NC2.[HH].[HH].[HH].[HH].[Na+].[Na+].[Na+].[Na+].[Na+].[Na+].[OH-].[OH-].[OH-].[OH-]. The fourth-order valence-corrected chi connectivity index (χ4v) is 11.1. The number of carboxylic acids is 2. The average Bonchev–Trinajstić information content (AvgIpc) is 0.806. The number of fused-ring (bicyclic) bond motifs is 18. The Morgan fingerprint density at radius 3 is 0.594 bits per heavy atom. The van der Waals surface area contributed by atoms with Crippen LogP contribution in [-0.2, 0) is 97.0 Å². The maximum Gasteiger partial charge on any atom is 1.00 e. The molecule has 16 N–H and O–H groups in total. The van der Waals surface area contributed by atoms with Gasteiger partial charge in [-0.05, 0) is 165 Å². The Kier molecular flexibility index (Phi) is 46.5. The van der Waals surface area contributed by atoms with E-state index in [1.54, 1.807) is 25.1 Å². The molecular weight excluding hydrogens is 1310 g/mol. The first-order valence-electron chi connectivity index (χ1n) is 27.4. The second-order valence-corrected chi connectivity index (χ2v) is 19.5. The molecule has 12 amide bonds. The molecule has 36 heteroatoms. The van der Waals surface area contributed by atoms with E-state index in [0.717, 1.165) is 36.4 Å². The second-order valence-electron chi connectivity index (χ2n) is 19.5. The first-order chi connectivity index (χ1) is 41.3. The number of urea groups is 6. The fraction of sp³-hybridized carbons (Fsp3) is 0.300. The number of benzene rings is 5. The van der Waals surface area contributed by atoms with Gasteiger partial charge in [0.05, 0.1) is 23.3 Å². The van der Waals surface area contributed by atoms with Gasteiger partial charge >= 0.3 is 214 Å². The molecule has 0 spiro atoms. The number of amides is 12. The summed E-state index contributed by atoms with van der Waals surface area (Å²) in [5, 5.41) is 57.4. The van der Waals surface area contributed by atoms with Gasteiger partial charge in [0, 0.05) is 56.1 Å². The summed E-state index contributed by atoms with van der Waals surface area (Å²) in [5.74, 6) is -3.89. The molecule has 0 radical (unpaired) electrons. The number of carboxylic acid groups (broad SMARTS) is 2. The Balaban J connectivity index is -0.00000101. The molecule has 490 valence electrons. The summed E-state index contributed by atoms with van der Waals surface area (Å²) in [7, 11) is 0. The van der Waals surface area contributed by atoms with Crippen molar-refractivity contribution in [2.45, 2.75) is 119 Å². The van der Waals surface area contributed by atoms with Gasteiger partial charge in [-0.2, -0.15) is 24.3 Å². The molecule has 96 heavy (non-hydrogen) atoms. The van der Waals surface area contributed by atoms with E-state index in [1.807, 2.05) is 41.5 Å². The summed E-state index contributed by atoms with van der Waals surface area (Å²) in [6.07, 6.45) is 8.29. The van der Waals surface area contributed by atoms with Crippen LogP contribution in [0.5, 0.6) is 0 Å². The third-order valence-electron chi connectivity index (χ3n) is 14.9. The molecule has 0 saturated heterocycles. The van der Waals surface area contributed by atoms with Crippen LogP contribution in [0.15, 0.2) is 36.4 Å². The molecule has 30 nitrogen and oxygen atoms in total. The zero-order chi connectivity index (χ0) is 62.5. The monoisotopic (exact) mass is 1390 g/mol. The van der Waals surface area contributed by atoms with Crippen molar-refractivity contribution in [3.63, 3.8) is 0 Å². The van der Waals surface area contributed by atoms with Crippen LogP contribution in [0, 0.1) is 0 Å². The molecule has 3 heterocycles. The van der Waals surface area contributed by atoms with Crippen molar-refractivity contribution in [3.05, 3.63) is 137 Å². The summed E-state index contributed by atoms with van der Waals surface area (Å²) < 4.78 is 0. The van der Waals surface area contributed by atoms with E-state index >= 15 is 0 Å².